The minimum Gasteiger partial charge on any atom is -0.347 e. The average molecular weight is 385 g/mol. The molecule has 1 heterocycles. The first-order chi connectivity index (χ1) is 13.0. The van der Waals surface area contributed by atoms with Crippen LogP contribution in [0.2, 0.25) is 5.02 Å². The second-order valence-corrected chi connectivity index (χ2v) is 8.04. The summed E-state index contributed by atoms with van der Waals surface area (Å²) >= 11 is 6.01. The van der Waals surface area contributed by atoms with Gasteiger partial charge in [-0.3, -0.25) is 14.6 Å². The maximum Gasteiger partial charge on any atom is 0.251 e. The van der Waals surface area contributed by atoms with Gasteiger partial charge in [0, 0.05) is 28.5 Å². The van der Waals surface area contributed by atoms with Crippen LogP contribution in [0.15, 0.2) is 42.9 Å². The highest BCUT2D eigenvalue weighted by molar-refractivity contribution is 6.30. The van der Waals surface area contributed by atoms with E-state index in [0.717, 1.165) is 32.1 Å². The number of halogens is 1. The molecule has 27 heavy (non-hydrogen) atoms. The number of hydrogen-bond acceptors (Lipinski definition) is 4. The second kappa shape index (κ2) is 6.93. The molecule has 2 aromatic rings. The maximum atomic E-state index is 13.0. The Kier molecular flexibility index (Phi) is 4.60. The van der Waals surface area contributed by atoms with E-state index in [-0.39, 0.29) is 17.4 Å². The van der Waals surface area contributed by atoms with Crippen molar-refractivity contribution in [1.82, 2.24) is 15.3 Å². The lowest BCUT2D eigenvalue weighted by Gasteiger charge is -2.39. The van der Waals surface area contributed by atoms with Crippen LogP contribution in [-0.2, 0) is 4.79 Å². The summed E-state index contributed by atoms with van der Waals surface area (Å²) < 4.78 is 0. The highest BCUT2D eigenvalue weighted by Gasteiger charge is 2.55. The predicted molar refractivity (Wildman–Crippen MR) is 102 cm³/mol. The van der Waals surface area contributed by atoms with Crippen LogP contribution >= 0.6 is 11.6 Å². The molecule has 2 fully saturated rings. The standard InChI is InChI=1S/C20H21ClN4O2/c21-15-4-1-3-14(11-15)17(26)25-20-6-2-5-19(13-20,7-8-20)18(27)24-16-12-22-9-10-23-16/h1,3-4,9-12H,2,5-8,13H2,(H,25,26)(H,23,24,27). The van der Waals surface area contributed by atoms with Gasteiger partial charge < -0.3 is 10.6 Å². The number of fused-ring (bicyclic) bond motifs is 2. The summed E-state index contributed by atoms with van der Waals surface area (Å²) in [6.07, 6.45) is 9.50. The number of hydrogen-bond donors (Lipinski definition) is 2. The molecule has 7 heteroatoms. The Hall–Kier alpha value is -2.47. The number of nitrogens with zero attached hydrogens (tertiary/aromatic N) is 2. The summed E-state index contributed by atoms with van der Waals surface area (Å²) in [6.45, 7) is 0. The summed E-state index contributed by atoms with van der Waals surface area (Å²) in [7, 11) is 0. The monoisotopic (exact) mass is 384 g/mol. The zero-order valence-electron chi connectivity index (χ0n) is 14.9. The van der Waals surface area contributed by atoms with Crippen molar-refractivity contribution in [3.63, 3.8) is 0 Å². The van der Waals surface area contributed by atoms with Crippen LogP contribution in [-0.4, -0.2) is 27.3 Å². The third-order valence-corrected chi connectivity index (χ3v) is 6.06. The highest BCUT2D eigenvalue weighted by atomic mass is 35.5. The smallest absolute Gasteiger partial charge is 0.251 e. The molecule has 6 nitrogen and oxygen atoms in total. The van der Waals surface area contributed by atoms with Gasteiger partial charge in [0.1, 0.15) is 0 Å². The first-order valence-corrected chi connectivity index (χ1v) is 9.54. The van der Waals surface area contributed by atoms with Crippen LogP contribution in [0, 0.1) is 5.41 Å². The first-order valence-electron chi connectivity index (χ1n) is 9.16. The summed E-state index contributed by atoms with van der Waals surface area (Å²) in [5.41, 5.74) is -0.252. The van der Waals surface area contributed by atoms with Gasteiger partial charge in [-0.1, -0.05) is 24.1 Å². The van der Waals surface area contributed by atoms with Gasteiger partial charge in [0.15, 0.2) is 5.82 Å². The van der Waals surface area contributed by atoms with Crippen LogP contribution in [0.1, 0.15) is 48.9 Å². The normalized spacial score (nSPS) is 26.4. The summed E-state index contributed by atoms with van der Waals surface area (Å²) in [5, 5.41) is 6.64. The fourth-order valence-electron chi connectivity index (χ4n) is 4.53. The number of rotatable bonds is 4. The van der Waals surface area contributed by atoms with Crippen LogP contribution in [0.4, 0.5) is 5.82 Å². The van der Waals surface area contributed by atoms with Crippen molar-refractivity contribution in [2.75, 3.05) is 5.32 Å². The predicted octanol–water partition coefficient (Wildman–Crippen LogP) is 3.59. The Morgan fingerprint density at radius 1 is 1.11 bits per heavy atom. The van der Waals surface area contributed by atoms with Gasteiger partial charge in [-0.25, -0.2) is 4.98 Å². The Labute approximate surface area is 162 Å². The van der Waals surface area contributed by atoms with Crippen molar-refractivity contribution in [2.45, 2.75) is 44.1 Å². The molecule has 2 aliphatic carbocycles. The molecule has 0 saturated heterocycles. The minimum absolute atomic E-state index is 0.0263. The molecule has 2 amide bonds. The molecule has 0 aliphatic heterocycles. The fourth-order valence-corrected chi connectivity index (χ4v) is 4.72. The molecule has 2 unspecified atom stereocenters. The van der Waals surface area contributed by atoms with Gasteiger partial charge in [0.25, 0.3) is 5.91 Å². The van der Waals surface area contributed by atoms with Crippen LogP contribution in [0.5, 0.6) is 0 Å². The lowest BCUT2D eigenvalue weighted by Crippen LogP contribution is -2.50. The van der Waals surface area contributed by atoms with Gasteiger partial charge in [0.05, 0.1) is 11.6 Å². The Morgan fingerprint density at radius 3 is 2.78 bits per heavy atom. The minimum atomic E-state index is -0.461. The molecule has 2 atom stereocenters. The quantitative estimate of drug-likeness (QED) is 0.843. The number of amides is 2. The zero-order chi connectivity index (χ0) is 18.9. The number of nitrogens with one attached hydrogen (secondary N) is 2. The molecule has 4 rings (SSSR count). The Morgan fingerprint density at radius 2 is 2.00 bits per heavy atom. The Bertz CT molecular complexity index is 875. The van der Waals surface area contributed by atoms with E-state index in [4.69, 9.17) is 11.6 Å². The molecule has 1 aromatic heterocycles. The second-order valence-electron chi connectivity index (χ2n) is 7.60. The molecular weight excluding hydrogens is 364 g/mol. The lowest BCUT2D eigenvalue weighted by atomic mass is 9.72. The zero-order valence-corrected chi connectivity index (χ0v) is 15.6. The van der Waals surface area contributed by atoms with E-state index in [9.17, 15) is 9.59 Å². The van der Waals surface area contributed by atoms with Crippen molar-refractivity contribution in [3.8, 4) is 0 Å². The molecule has 2 aliphatic rings. The van der Waals surface area contributed by atoms with Crippen molar-refractivity contribution in [3.05, 3.63) is 53.4 Å². The van der Waals surface area contributed by atoms with Crippen molar-refractivity contribution in [2.24, 2.45) is 5.41 Å². The van der Waals surface area contributed by atoms with Gasteiger partial charge in [-0.2, -0.15) is 0 Å². The van der Waals surface area contributed by atoms with E-state index in [2.05, 4.69) is 20.6 Å². The molecule has 0 radical (unpaired) electrons. The molecular formula is C20H21ClN4O2. The molecule has 2 N–H and O–H groups in total. The number of anilines is 1. The lowest BCUT2D eigenvalue weighted by molar-refractivity contribution is -0.126. The first kappa shape index (κ1) is 17.9. The van der Waals surface area contributed by atoms with Crippen molar-refractivity contribution >= 4 is 29.2 Å². The maximum absolute atomic E-state index is 13.0. The van der Waals surface area contributed by atoms with Gasteiger partial charge in [-0.05, 0) is 50.3 Å². The van der Waals surface area contributed by atoms with E-state index >= 15 is 0 Å². The number of benzene rings is 1. The van der Waals surface area contributed by atoms with E-state index in [0.29, 0.717) is 22.8 Å². The van der Waals surface area contributed by atoms with E-state index < -0.39 is 5.41 Å². The van der Waals surface area contributed by atoms with Crippen LogP contribution in [0.25, 0.3) is 0 Å². The fraction of sp³-hybridized carbons (Fsp3) is 0.400. The third-order valence-electron chi connectivity index (χ3n) is 5.82. The number of aromatic nitrogens is 2. The van der Waals surface area contributed by atoms with Gasteiger partial charge >= 0.3 is 0 Å². The van der Waals surface area contributed by atoms with E-state index in [1.165, 1.54) is 0 Å². The molecule has 2 saturated carbocycles. The average Bonchev–Trinajstić information content (AvgIpc) is 2.93. The van der Waals surface area contributed by atoms with Crippen LogP contribution < -0.4 is 10.6 Å². The molecule has 140 valence electrons. The molecule has 0 spiro atoms. The Balaban J connectivity index is 1.49. The van der Waals surface area contributed by atoms with Crippen molar-refractivity contribution < 1.29 is 9.59 Å². The largest absolute Gasteiger partial charge is 0.347 e. The van der Waals surface area contributed by atoms with Gasteiger partial charge in [0.2, 0.25) is 5.91 Å². The van der Waals surface area contributed by atoms with E-state index in [1.807, 2.05) is 0 Å². The third kappa shape index (κ3) is 3.54. The SMILES string of the molecule is O=C(NC12CCCC(C(=O)Nc3cnccn3)(CC1)C2)c1cccc(Cl)c1. The highest BCUT2D eigenvalue weighted by Crippen LogP contribution is 2.54. The van der Waals surface area contributed by atoms with Crippen molar-refractivity contribution in [1.29, 1.82) is 0 Å². The summed E-state index contributed by atoms with van der Waals surface area (Å²) in [6, 6.07) is 6.93. The van der Waals surface area contributed by atoms with Gasteiger partial charge in [-0.15, -0.1) is 0 Å². The van der Waals surface area contributed by atoms with E-state index in [1.54, 1.807) is 42.9 Å². The molecule has 1 aromatic carbocycles. The van der Waals surface area contributed by atoms with Crippen LogP contribution in [0.3, 0.4) is 0 Å². The molecule has 2 bridgehead atoms. The topological polar surface area (TPSA) is 84.0 Å². The summed E-state index contributed by atoms with van der Waals surface area (Å²) in [4.78, 5) is 33.8. The summed E-state index contributed by atoms with van der Waals surface area (Å²) in [5.74, 6) is 0.300. The number of carbonyl (C=O) groups excluding carboxylic acids is 2. The number of carbonyl (C=O) groups is 2.